The van der Waals surface area contributed by atoms with Gasteiger partial charge in [0.1, 0.15) is 17.6 Å². The number of nitrogens with one attached hydrogen (secondary N) is 1. The molecule has 1 aromatic heterocycles. The fraction of sp³-hybridized carbons (Fsp3) is 0.450. The summed E-state index contributed by atoms with van der Waals surface area (Å²) >= 11 is 0. The van der Waals surface area contributed by atoms with Gasteiger partial charge in [-0.25, -0.2) is 4.98 Å². The number of benzene rings is 1. The molecule has 2 aromatic rings. The average molecular weight is 420 g/mol. The molecule has 2 atom stereocenters. The van der Waals surface area contributed by atoms with Crippen LogP contribution >= 0.6 is 12.4 Å². The van der Waals surface area contributed by atoms with Gasteiger partial charge < -0.3 is 24.4 Å². The maximum atomic E-state index is 13.0. The number of halogens is 1. The van der Waals surface area contributed by atoms with Gasteiger partial charge in [0.25, 0.3) is 5.91 Å². The molecule has 3 heterocycles. The second kappa shape index (κ2) is 8.84. The summed E-state index contributed by atoms with van der Waals surface area (Å²) in [5.74, 6) is 1.45. The molecule has 0 aliphatic carbocycles. The first-order valence-corrected chi connectivity index (χ1v) is 9.60. The number of imidazole rings is 1. The summed E-state index contributed by atoms with van der Waals surface area (Å²) in [5, 5.41) is 3.34. The highest BCUT2D eigenvalue weighted by Gasteiger charge is 2.34. The van der Waals surface area contributed by atoms with E-state index in [0.717, 1.165) is 18.1 Å². The molecule has 29 heavy (non-hydrogen) atoms. The number of para-hydroxylation sites is 2. The summed E-state index contributed by atoms with van der Waals surface area (Å²) in [5.41, 5.74) is 0.722. The third-order valence-electron chi connectivity index (χ3n) is 5.34. The lowest BCUT2D eigenvalue weighted by atomic mass is 10.1. The lowest BCUT2D eigenvalue weighted by Gasteiger charge is -2.37. The second-order valence-electron chi connectivity index (χ2n) is 7.17. The van der Waals surface area contributed by atoms with Crippen LogP contribution in [0, 0.1) is 0 Å². The van der Waals surface area contributed by atoms with E-state index in [1.165, 1.54) is 0 Å². The topological polar surface area (TPSA) is 79.7 Å². The third kappa shape index (κ3) is 4.09. The van der Waals surface area contributed by atoms with Crippen molar-refractivity contribution in [3.8, 4) is 5.75 Å². The molecule has 2 unspecified atom stereocenters. The van der Waals surface area contributed by atoms with Crippen molar-refractivity contribution in [3.63, 3.8) is 0 Å². The molecule has 0 bridgehead atoms. The molecule has 2 amide bonds. The van der Waals surface area contributed by atoms with Gasteiger partial charge in [-0.2, -0.15) is 0 Å². The van der Waals surface area contributed by atoms with Gasteiger partial charge in [0.2, 0.25) is 5.91 Å². The van der Waals surface area contributed by atoms with Crippen LogP contribution < -0.4 is 15.0 Å². The van der Waals surface area contributed by atoms with Crippen LogP contribution in [0.2, 0.25) is 0 Å². The molecule has 1 fully saturated rings. The van der Waals surface area contributed by atoms with Crippen LogP contribution in [0.3, 0.4) is 0 Å². The molecule has 8 nitrogen and oxygen atoms in total. The van der Waals surface area contributed by atoms with Crippen LogP contribution in [0.4, 0.5) is 5.69 Å². The number of aromatic nitrogens is 2. The number of amides is 2. The Balaban J connectivity index is 0.00000240. The Labute approximate surface area is 176 Å². The van der Waals surface area contributed by atoms with Crippen LogP contribution in [0.1, 0.15) is 25.2 Å². The molecule has 4 rings (SSSR count). The van der Waals surface area contributed by atoms with Crippen molar-refractivity contribution in [2.24, 2.45) is 7.05 Å². The summed E-state index contributed by atoms with van der Waals surface area (Å²) in [4.78, 5) is 33.6. The summed E-state index contributed by atoms with van der Waals surface area (Å²) in [7, 11) is 1.93. The number of piperazine rings is 1. The van der Waals surface area contributed by atoms with Gasteiger partial charge in [0, 0.05) is 52.0 Å². The van der Waals surface area contributed by atoms with Crippen molar-refractivity contribution in [1.29, 1.82) is 0 Å². The highest BCUT2D eigenvalue weighted by Crippen LogP contribution is 2.33. The molecule has 1 aromatic carbocycles. The van der Waals surface area contributed by atoms with Crippen LogP contribution in [0.5, 0.6) is 5.75 Å². The van der Waals surface area contributed by atoms with E-state index in [9.17, 15) is 9.59 Å². The highest BCUT2D eigenvalue weighted by molar-refractivity contribution is 6.00. The quantitative estimate of drug-likeness (QED) is 0.812. The number of carbonyl (C=O) groups is 2. The monoisotopic (exact) mass is 419 g/mol. The zero-order valence-corrected chi connectivity index (χ0v) is 17.4. The summed E-state index contributed by atoms with van der Waals surface area (Å²) in [6, 6.07) is 7.34. The fourth-order valence-electron chi connectivity index (χ4n) is 3.87. The average Bonchev–Trinajstić information content (AvgIpc) is 3.14. The first-order chi connectivity index (χ1) is 13.6. The van der Waals surface area contributed by atoms with Crippen molar-refractivity contribution < 1.29 is 14.3 Å². The van der Waals surface area contributed by atoms with E-state index in [1.54, 1.807) is 18.0 Å². The summed E-state index contributed by atoms with van der Waals surface area (Å²) in [6.07, 6.45) is 3.34. The molecular formula is C20H26ClN5O3. The van der Waals surface area contributed by atoms with Crippen LogP contribution in [-0.4, -0.2) is 58.5 Å². The van der Waals surface area contributed by atoms with Crippen molar-refractivity contribution in [2.45, 2.75) is 25.5 Å². The van der Waals surface area contributed by atoms with E-state index in [-0.39, 0.29) is 36.7 Å². The molecule has 2 aliphatic rings. The van der Waals surface area contributed by atoms with Crippen molar-refractivity contribution in [3.05, 3.63) is 42.5 Å². The Kier molecular flexibility index (Phi) is 6.44. The highest BCUT2D eigenvalue weighted by atomic mass is 35.5. The molecular weight excluding hydrogens is 394 g/mol. The van der Waals surface area contributed by atoms with Gasteiger partial charge in [0.05, 0.1) is 5.69 Å². The zero-order valence-electron chi connectivity index (χ0n) is 16.6. The molecule has 0 saturated carbocycles. The fourth-order valence-corrected chi connectivity index (χ4v) is 3.87. The number of carbonyl (C=O) groups excluding carboxylic acids is 2. The molecule has 2 aliphatic heterocycles. The van der Waals surface area contributed by atoms with Crippen molar-refractivity contribution in [2.75, 3.05) is 31.1 Å². The number of anilines is 1. The Morgan fingerprint density at radius 2 is 2.14 bits per heavy atom. The largest absolute Gasteiger partial charge is 0.479 e. The number of hydrogen-bond donors (Lipinski definition) is 1. The van der Waals surface area contributed by atoms with E-state index < -0.39 is 6.10 Å². The number of rotatable bonds is 4. The Morgan fingerprint density at radius 3 is 2.90 bits per heavy atom. The molecule has 156 valence electrons. The Hall–Kier alpha value is -2.58. The standard InChI is InChI=1S/C20H25N5O3.ClH/c1-14-20(27)25(15-5-3-4-6-17(15)28-14)10-7-18(26)24-12-8-21-13-16(24)19-22-9-11-23(19)2;/h3-6,9,11,14,16,21H,7-8,10,12-13H2,1-2H3;1H. The predicted molar refractivity (Wildman–Crippen MR) is 111 cm³/mol. The first-order valence-electron chi connectivity index (χ1n) is 9.60. The minimum Gasteiger partial charge on any atom is -0.479 e. The van der Waals surface area contributed by atoms with Gasteiger partial charge in [0.15, 0.2) is 6.10 Å². The van der Waals surface area contributed by atoms with E-state index in [0.29, 0.717) is 25.4 Å². The first kappa shape index (κ1) is 21.1. The number of aryl methyl sites for hydroxylation is 1. The van der Waals surface area contributed by atoms with Gasteiger partial charge in [-0.1, -0.05) is 12.1 Å². The van der Waals surface area contributed by atoms with E-state index in [1.807, 2.05) is 47.0 Å². The van der Waals surface area contributed by atoms with E-state index in [2.05, 4.69) is 10.3 Å². The van der Waals surface area contributed by atoms with Crippen molar-refractivity contribution in [1.82, 2.24) is 19.8 Å². The number of nitrogens with zero attached hydrogens (tertiary/aromatic N) is 4. The third-order valence-corrected chi connectivity index (χ3v) is 5.34. The lowest BCUT2D eigenvalue weighted by molar-refractivity contribution is -0.134. The summed E-state index contributed by atoms with van der Waals surface area (Å²) in [6.45, 7) is 4.12. The second-order valence-corrected chi connectivity index (χ2v) is 7.17. The van der Waals surface area contributed by atoms with Crippen LogP contribution in [0.25, 0.3) is 0 Å². The lowest BCUT2D eigenvalue weighted by Crippen LogP contribution is -2.51. The van der Waals surface area contributed by atoms with Crippen LogP contribution in [-0.2, 0) is 16.6 Å². The van der Waals surface area contributed by atoms with Crippen LogP contribution in [0.15, 0.2) is 36.7 Å². The smallest absolute Gasteiger partial charge is 0.267 e. The number of fused-ring (bicyclic) bond motifs is 1. The minimum atomic E-state index is -0.551. The van der Waals surface area contributed by atoms with E-state index >= 15 is 0 Å². The Bertz CT molecular complexity index is 887. The molecule has 0 spiro atoms. The van der Waals surface area contributed by atoms with Gasteiger partial charge >= 0.3 is 0 Å². The van der Waals surface area contributed by atoms with Crippen molar-refractivity contribution >= 4 is 29.9 Å². The number of hydrogen-bond acceptors (Lipinski definition) is 5. The van der Waals surface area contributed by atoms with Gasteiger partial charge in [-0.15, -0.1) is 12.4 Å². The van der Waals surface area contributed by atoms with Gasteiger partial charge in [-0.05, 0) is 19.1 Å². The van der Waals surface area contributed by atoms with E-state index in [4.69, 9.17) is 4.74 Å². The maximum Gasteiger partial charge on any atom is 0.267 e. The SMILES string of the molecule is CC1Oc2ccccc2N(CCC(=O)N2CCNCC2c2nccn2C)C1=O.Cl. The van der Waals surface area contributed by atoms with Gasteiger partial charge in [-0.3, -0.25) is 9.59 Å². The number of ether oxygens (including phenoxy) is 1. The normalized spacial score (nSPS) is 21.2. The predicted octanol–water partition coefficient (Wildman–Crippen LogP) is 1.52. The Morgan fingerprint density at radius 1 is 1.34 bits per heavy atom. The molecule has 1 N–H and O–H groups in total. The molecule has 0 radical (unpaired) electrons. The molecule has 9 heteroatoms. The zero-order chi connectivity index (χ0) is 19.7. The summed E-state index contributed by atoms with van der Waals surface area (Å²) < 4.78 is 7.62. The molecule has 1 saturated heterocycles. The minimum absolute atomic E-state index is 0. The maximum absolute atomic E-state index is 13.0.